The largest absolute Gasteiger partial charge is 0.382 e. The molecular weight excluding hydrogens is 301 g/mol. The molecule has 1 aromatic carbocycles. The van der Waals surface area contributed by atoms with E-state index in [0.717, 1.165) is 5.69 Å². The number of hydrogen-bond acceptors (Lipinski definition) is 1. The molecule has 0 atom stereocenters. The minimum absolute atomic E-state index is 0.555. The first-order valence-corrected chi connectivity index (χ1v) is 9.22. The van der Waals surface area contributed by atoms with Crippen molar-refractivity contribution in [3.63, 3.8) is 0 Å². The molecule has 3 heteroatoms. The predicted molar refractivity (Wildman–Crippen MR) is 94.7 cm³/mol. The van der Waals surface area contributed by atoms with Gasteiger partial charge in [0.05, 0.1) is 0 Å². The number of nitrogens with one attached hydrogen (secondary N) is 1. The van der Waals surface area contributed by atoms with E-state index in [9.17, 15) is 0 Å². The lowest BCUT2D eigenvalue weighted by atomic mass is 9.98. The van der Waals surface area contributed by atoms with Gasteiger partial charge in [0, 0.05) is 21.8 Å². The van der Waals surface area contributed by atoms with E-state index < -0.39 is 0 Å². The minimum atomic E-state index is 0.555. The van der Waals surface area contributed by atoms with Crippen LogP contribution in [-0.2, 0) is 0 Å². The van der Waals surface area contributed by atoms with Crippen LogP contribution in [-0.4, -0.2) is 6.04 Å². The predicted octanol–water partition coefficient (Wildman–Crippen LogP) is 7.08. The van der Waals surface area contributed by atoms with Gasteiger partial charge in [-0.15, -0.1) is 0 Å². The molecule has 118 valence electrons. The van der Waals surface area contributed by atoms with Gasteiger partial charge in [0.1, 0.15) is 0 Å². The van der Waals surface area contributed by atoms with E-state index in [4.69, 9.17) is 23.2 Å². The van der Waals surface area contributed by atoms with Crippen LogP contribution >= 0.6 is 23.2 Å². The molecule has 2 rings (SSSR count). The molecule has 1 nitrogen and oxygen atoms in total. The maximum Gasteiger partial charge on any atom is 0.0441 e. The summed E-state index contributed by atoms with van der Waals surface area (Å²) in [5, 5.41) is 5.06. The van der Waals surface area contributed by atoms with Crippen molar-refractivity contribution in [2.24, 2.45) is 0 Å². The number of anilines is 1. The Morgan fingerprint density at radius 2 is 1.10 bits per heavy atom. The molecule has 1 fully saturated rings. The Bertz CT molecular complexity index is 387. The van der Waals surface area contributed by atoms with Gasteiger partial charge in [0.25, 0.3) is 0 Å². The quantitative estimate of drug-likeness (QED) is 0.611. The standard InChI is InChI=1S/C18H27Cl2N/c19-15-12-16(20)14-18(13-15)21-17-10-8-6-4-2-1-3-5-7-9-11-17/h12-14,17,21H,1-11H2. The summed E-state index contributed by atoms with van der Waals surface area (Å²) in [7, 11) is 0. The van der Waals surface area contributed by atoms with Gasteiger partial charge in [-0.25, -0.2) is 0 Å². The van der Waals surface area contributed by atoms with Gasteiger partial charge in [0.15, 0.2) is 0 Å². The van der Waals surface area contributed by atoms with Gasteiger partial charge < -0.3 is 5.32 Å². The van der Waals surface area contributed by atoms with Gasteiger partial charge in [-0.05, 0) is 31.0 Å². The normalized spacial score (nSPS) is 19.5. The van der Waals surface area contributed by atoms with E-state index in [1.165, 1.54) is 70.6 Å². The van der Waals surface area contributed by atoms with Crippen molar-refractivity contribution in [1.29, 1.82) is 0 Å². The Morgan fingerprint density at radius 3 is 1.57 bits per heavy atom. The Kier molecular flexibility index (Phi) is 7.74. The third-order valence-electron chi connectivity index (χ3n) is 4.34. The van der Waals surface area contributed by atoms with Crippen LogP contribution in [0.25, 0.3) is 0 Å². The molecule has 0 aliphatic heterocycles. The molecule has 0 unspecified atom stereocenters. The average Bonchev–Trinajstić information content (AvgIpc) is 2.40. The maximum atomic E-state index is 6.09. The fourth-order valence-electron chi connectivity index (χ4n) is 3.18. The first kappa shape index (κ1) is 17.0. The van der Waals surface area contributed by atoms with E-state index >= 15 is 0 Å². The van der Waals surface area contributed by atoms with Gasteiger partial charge in [0.2, 0.25) is 0 Å². The molecule has 1 saturated carbocycles. The van der Waals surface area contributed by atoms with Crippen molar-refractivity contribution in [2.75, 3.05) is 5.32 Å². The highest BCUT2D eigenvalue weighted by Gasteiger charge is 2.10. The van der Waals surface area contributed by atoms with E-state index in [-0.39, 0.29) is 0 Å². The molecule has 0 aromatic heterocycles. The molecule has 0 spiro atoms. The third kappa shape index (κ3) is 6.93. The number of hydrogen-bond donors (Lipinski definition) is 1. The summed E-state index contributed by atoms with van der Waals surface area (Å²) in [6.07, 6.45) is 15.0. The van der Waals surface area contributed by atoms with E-state index in [1.807, 2.05) is 12.1 Å². The van der Waals surface area contributed by atoms with Crippen LogP contribution in [0, 0.1) is 0 Å². The van der Waals surface area contributed by atoms with Crippen molar-refractivity contribution in [2.45, 2.75) is 76.7 Å². The molecular formula is C18H27Cl2N. The van der Waals surface area contributed by atoms with Gasteiger partial charge in [-0.1, -0.05) is 81.0 Å². The zero-order chi connectivity index (χ0) is 14.9. The topological polar surface area (TPSA) is 12.0 Å². The van der Waals surface area contributed by atoms with E-state index in [0.29, 0.717) is 16.1 Å². The highest BCUT2D eigenvalue weighted by molar-refractivity contribution is 6.35. The number of benzene rings is 1. The molecule has 0 heterocycles. The summed E-state index contributed by atoms with van der Waals surface area (Å²) in [4.78, 5) is 0. The van der Waals surface area contributed by atoms with Crippen molar-refractivity contribution in [1.82, 2.24) is 0 Å². The molecule has 1 aliphatic rings. The summed E-state index contributed by atoms with van der Waals surface area (Å²) in [5.74, 6) is 0. The van der Waals surface area contributed by atoms with Crippen LogP contribution in [0.4, 0.5) is 5.69 Å². The van der Waals surface area contributed by atoms with Gasteiger partial charge in [-0.3, -0.25) is 0 Å². The summed E-state index contributed by atoms with van der Waals surface area (Å²) < 4.78 is 0. The molecule has 1 aromatic rings. The minimum Gasteiger partial charge on any atom is -0.382 e. The van der Waals surface area contributed by atoms with Crippen LogP contribution in [0.2, 0.25) is 10.0 Å². The lowest BCUT2D eigenvalue weighted by Gasteiger charge is -2.21. The maximum absolute atomic E-state index is 6.09. The Labute approximate surface area is 139 Å². The Balaban J connectivity index is 1.90. The fourth-order valence-corrected chi connectivity index (χ4v) is 3.71. The molecule has 0 amide bonds. The van der Waals surface area contributed by atoms with Crippen molar-refractivity contribution in [3.8, 4) is 0 Å². The SMILES string of the molecule is Clc1cc(Cl)cc(NC2CCCCCCCCCCC2)c1. The first-order chi connectivity index (χ1) is 10.2. The number of halogens is 2. The van der Waals surface area contributed by atoms with Crippen LogP contribution in [0.15, 0.2) is 18.2 Å². The molecule has 1 aliphatic carbocycles. The Morgan fingerprint density at radius 1 is 0.667 bits per heavy atom. The fraction of sp³-hybridized carbons (Fsp3) is 0.667. The highest BCUT2D eigenvalue weighted by Crippen LogP contribution is 2.25. The van der Waals surface area contributed by atoms with Crippen molar-refractivity contribution in [3.05, 3.63) is 28.2 Å². The summed E-state index contributed by atoms with van der Waals surface area (Å²) >= 11 is 12.2. The summed E-state index contributed by atoms with van der Waals surface area (Å²) in [5.41, 5.74) is 1.06. The lowest BCUT2D eigenvalue weighted by Crippen LogP contribution is -2.19. The highest BCUT2D eigenvalue weighted by atomic mass is 35.5. The zero-order valence-electron chi connectivity index (χ0n) is 12.8. The van der Waals surface area contributed by atoms with Gasteiger partial charge >= 0.3 is 0 Å². The molecule has 21 heavy (non-hydrogen) atoms. The van der Waals surface area contributed by atoms with Crippen LogP contribution < -0.4 is 5.32 Å². The van der Waals surface area contributed by atoms with E-state index in [1.54, 1.807) is 6.07 Å². The second-order valence-electron chi connectivity index (χ2n) is 6.26. The van der Waals surface area contributed by atoms with Crippen LogP contribution in [0.3, 0.4) is 0 Å². The second-order valence-corrected chi connectivity index (χ2v) is 7.13. The average molecular weight is 328 g/mol. The van der Waals surface area contributed by atoms with Gasteiger partial charge in [-0.2, -0.15) is 0 Å². The zero-order valence-corrected chi connectivity index (χ0v) is 14.4. The third-order valence-corrected chi connectivity index (χ3v) is 4.77. The molecule has 0 radical (unpaired) electrons. The van der Waals surface area contributed by atoms with E-state index in [2.05, 4.69) is 5.32 Å². The lowest BCUT2D eigenvalue weighted by molar-refractivity contribution is 0.480. The summed E-state index contributed by atoms with van der Waals surface area (Å²) in [6.45, 7) is 0. The second kappa shape index (κ2) is 9.58. The summed E-state index contributed by atoms with van der Waals surface area (Å²) in [6, 6.07) is 6.29. The molecule has 0 saturated heterocycles. The smallest absolute Gasteiger partial charge is 0.0441 e. The van der Waals surface area contributed by atoms with Crippen molar-refractivity contribution >= 4 is 28.9 Å². The van der Waals surface area contributed by atoms with Crippen LogP contribution in [0.5, 0.6) is 0 Å². The molecule has 0 bridgehead atoms. The van der Waals surface area contributed by atoms with Crippen molar-refractivity contribution < 1.29 is 0 Å². The first-order valence-electron chi connectivity index (χ1n) is 8.47. The van der Waals surface area contributed by atoms with Crippen LogP contribution in [0.1, 0.15) is 70.6 Å². The number of rotatable bonds is 2. The monoisotopic (exact) mass is 327 g/mol. The Hall–Kier alpha value is -0.400. The molecule has 1 N–H and O–H groups in total.